The molecule has 0 saturated carbocycles. The molecule has 0 aliphatic rings. The molecule has 0 aliphatic carbocycles. The van der Waals surface area contributed by atoms with Crippen molar-refractivity contribution in [1.82, 2.24) is 9.97 Å². The summed E-state index contributed by atoms with van der Waals surface area (Å²) in [6.45, 7) is 0. The van der Waals surface area contributed by atoms with Gasteiger partial charge in [-0.2, -0.15) is 0 Å². The number of rotatable bonds is 7. The average Bonchev–Trinajstić information content (AvgIpc) is 2.74. The zero-order valence-electron chi connectivity index (χ0n) is 15.6. The molecule has 0 radical (unpaired) electrons. The number of ether oxygens (including phenoxy) is 2. The second kappa shape index (κ2) is 9.58. The van der Waals surface area contributed by atoms with Crippen LogP contribution in [0.1, 0.15) is 16.1 Å². The maximum absolute atomic E-state index is 13.8. The minimum absolute atomic E-state index is 0.00238. The van der Waals surface area contributed by atoms with E-state index in [9.17, 15) is 9.18 Å². The second-order valence-electron chi connectivity index (χ2n) is 5.75. The Morgan fingerprint density at radius 2 is 2.00 bits per heavy atom. The van der Waals surface area contributed by atoms with Crippen LogP contribution in [-0.4, -0.2) is 30.1 Å². The fourth-order valence-corrected chi connectivity index (χ4v) is 3.41. The van der Waals surface area contributed by atoms with E-state index in [1.165, 1.54) is 38.2 Å². The predicted octanol–water partition coefficient (Wildman–Crippen LogP) is 4.83. The third-order valence-electron chi connectivity index (χ3n) is 3.91. The molecule has 0 spiro atoms. The molecule has 2 aromatic carbocycles. The van der Waals surface area contributed by atoms with Gasteiger partial charge >= 0.3 is 0 Å². The van der Waals surface area contributed by atoms with E-state index in [1.807, 2.05) is 0 Å². The standard InChI is InChI=1S/C20H17ClFN3O3S/c1-27-13-7-8-17(28-2)16(9-13)24-19(26)18-14(21)10-23-20(25-18)29-11-12-5-3-4-6-15(12)22/h3-10H,11H2,1-2H3,(H,24,26). The van der Waals surface area contributed by atoms with Crippen LogP contribution < -0.4 is 14.8 Å². The SMILES string of the molecule is COc1ccc(OC)c(NC(=O)c2nc(SCc3ccccc3F)ncc2Cl)c1. The van der Waals surface area contributed by atoms with Gasteiger partial charge in [0.1, 0.15) is 17.3 Å². The highest BCUT2D eigenvalue weighted by Gasteiger charge is 2.17. The number of nitrogens with zero attached hydrogens (tertiary/aromatic N) is 2. The minimum atomic E-state index is -0.531. The van der Waals surface area contributed by atoms with Crippen LogP contribution in [0.2, 0.25) is 5.02 Å². The van der Waals surface area contributed by atoms with Gasteiger partial charge < -0.3 is 14.8 Å². The van der Waals surface area contributed by atoms with Gasteiger partial charge in [-0.15, -0.1) is 0 Å². The molecule has 0 aliphatic heterocycles. The molecule has 0 atom stereocenters. The zero-order valence-corrected chi connectivity index (χ0v) is 17.2. The normalized spacial score (nSPS) is 10.5. The number of nitrogens with one attached hydrogen (secondary N) is 1. The summed E-state index contributed by atoms with van der Waals surface area (Å²) < 4.78 is 24.2. The summed E-state index contributed by atoms with van der Waals surface area (Å²) in [5.41, 5.74) is 0.929. The maximum atomic E-state index is 13.8. The van der Waals surface area contributed by atoms with E-state index in [1.54, 1.807) is 36.4 Å². The molecular formula is C20H17ClFN3O3S. The number of amides is 1. The summed E-state index contributed by atoms with van der Waals surface area (Å²) in [6.07, 6.45) is 1.34. The second-order valence-corrected chi connectivity index (χ2v) is 7.10. The molecule has 1 amide bonds. The number of hydrogen-bond acceptors (Lipinski definition) is 6. The summed E-state index contributed by atoms with van der Waals surface area (Å²) in [6, 6.07) is 11.5. The molecule has 1 N–H and O–H groups in total. The number of carbonyl (C=O) groups excluding carboxylic acids is 1. The first-order valence-corrected chi connectivity index (χ1v) is 9.80. The van der Waals surface area contributed by atoms with Crippen molar-refractivity contribution in [3.8, 4) is 11.5 Å². The third kappa shape index (κ3) is 5.16. The van der Waals surface area contributed by atoms with E-state index in [0.717, 1.165) is 0 Å². The number of anilines is 1. The first-order chi connectivity index (χ1) is 14.0. The van der Waals surface area contributed by atoms with E-state index in [4.69, 9.17) is 21.1 Å². The number of methoxy groups -OCH3 is 2. The van der Waals surface area contributed by atoms with Crippen molar-refractivity contribution in [3.63, 3.8) is 0 Å². The molecular weight excluding hydrogens is 417 g/mol. The van der Waals surface area contributed by atoms with E-state index in [2.05, 4.69) is 15.3 Å². The molecule has 1 aromatic heterocycles. The Morgan fingerprint density at radius 1 is 1.21 bits per heavy atom. The van der Waals surface area contributed by atoms with Gasteiger partial charge in [0.05, 0.1) is 31.1 Å². The van der Waals surface area contributed by atoms with Crippen LogP contribution in [0.25, 0.3) is 0 Å². The Bertz CT molecular complexity index is 1040. The molecule has 3 rings (SSSR count). The van der Waals surface area contributed by atoms with Crippen molar-refractivity contribution in [2.75, 3.05) is 19.5 Å². The minimum Gasteiger partial charge on any atom is -0.497 e. The van der Waals surface area contributed by atoms with Crippen molar-refractivity contribution in [3.05, 3.63) is 70.8 Å². The maximum Gasteiger partial charge on any atom is 0.276 e. The number of carbonyl (C=O) groups is 1. The monoisotopic (exact) mass is 433 g/mol. The first kappa shape index (κ1) is 20.9. The molecule has 0 fully saturated rings. The van der Waals surface area contributed by atoms with Crippen molar-refractivity contribution >= 4 is 35.0 Å². The lowest BCUT2D eigenvalue weighted by atomic mass is 10.2. The Hall–Kier alpha value is -2.84. The fourth-order valence-electron chi connectivity index (χ4n) is 2.43. The van der Waals surface area contributed by atoms with Crippen molar-refractivity contribution < 1.29 is 18.7 Å². The van der Waals surface area contributed by atoms with Gasteiger partial charge in [0.25, 0.3) is 5.91 Å². The predicted molar refractivity (Wildman–Crippen MR) is 111 cm³/mol. The molecule has 29 heavy (non-hydrogen) atoms. The van der Waals surface area contributed by atoms with Gasteiger partial charge in [0, 0.05) is 11.8 Å². The van der Waals surface area contributed by atoms with Crippen LogP contribution in [0.4, 0.5) is 10.1 Å². The van der Waals surface area contributed by atoms with Crippen LogP contribution in [-0.2, 0) is 5.75 Å². The van der Waals surface area contributed by atoms with Crippen molar-refractivity contribution in [2.24, 2.45) is 0 Å². The zero-order chi connectivity index (χ0) is 20.8. The van der Waals surface area contributed by atoms with E-state index in [0.29, 0.717) is 33.7 Å². The summed E-state index contributed by atoms with van der Waals surface area (Å²) in [7, 11) is 3.01. The lowest BCUT2D eigenvalue weighted by Gasteiger charge is -2.12. The van der Waals surface area contributed by atoms with Gasteiger partial charge in [-0.3, -0.25) is 4.79 Å². The molecule has 1 heterocycles. The van der Waals surface area contributed by atoms with E-state index < -0.39 is 5.91 Å². The first-order valence-electron chi connectivity index (χ1n) is 8.44. The number of benzene rings is 2. The molecule has 0 saturated heterocycles. The topological polar surface area (TPSA) is 73.3 Å². The highest BCUT2D eigenvalue weighted by molar-refractivity contribution is 7.98. The van der Waals surface area contributed by atoms with Gasteiger partial charge in [-0.05, 0) is 23.8 Å². The van der Waals surface area contributed by atoms with Crippen LogP contribution in [0.3, 0.4) is 0 Å². The van der Waals surface area contributed by atoms with Gasteiger partial charge in [0.15, 0.2) is 10.9 Å². The number of halogens is 2. The quantitative estimate of drug-likeness (QED) is 0.425. The number of aromatic nitrogens is 2. The Labute approximate surface area is 176 Å². The molecule has 9 heteroatoms. The largest absolute Gasteiger partial charge is 0.497 e. The van der Waals surface area contributed by atoms with Crippen LogP contribution in [0, 0.1) is 5.82 Å². The van der Waals surface area contributed by atoms with E-state index in [-0.39, 0.29) is 16.5 Å². The summed E-state index contributed by atoms with van der Waals surface area (Å²) >= 11 is 7.32. The van der Waals surface area contributed by atoms with Crippen molar-refractivity contribution in [2.45, 2.75) is 10.9 Å². The smallest absolute Gasteiger partial charge is 0.276 e. The number of thioether (sulfide) groups is 1. The van der Waals surface area contributed by atoms with Gasteiger partial charge in [-0.25, -0.2) is 14.4 Å². The molecule has 0 bridgehead atoms. The molecule has 3 aromatic rings. The average molecular weight is 434 g/mol. The lowest BCUT2D eigenvalue weighted by Crippen LogP contribution is -2.16. The fraction of sp³-hybridized carbons (Fsp3) is 0.150. The van der Waals surface area contributed by atoms with Gasteiger partial charge in [0.2, 0.25) is 0 Å². The van der Waals surface area contributed by atoms with E-state index >= 15 is 0 Å². The van der Waals surface area contributed by atoms with Gasteiger partial charge in [-0.1, -0.05) is 41.6 Å². The number of hydrogen-bond donors (Lipinski definition) is 1. The summed E-state index contributed by atoms with van der Waals surface area (Å²) in [4.78, 5) is 21.1. The highest BCUT2D eigenvalue weighted by Crippen LogP contribution is 2.30. The van der Waals surface area contributed by atoms with Crippen LogP contribution >= 0.6 is 23.4 Å². The van der Waals surface area contributed by atoms with Crippen LogP contribution in [0.15, 0.2) is 53.8 Å². The molecule has 6 nitrogen and oxygen atoms in total. The lowest BCUT2D eigenvalue weighted by molar-refractivity contribution is 0.102. The third-order valence-corrected chi connectivity index (χ3v) is 5.09. The summed E-state index contributed by atoms with van der Waals surface area (Å²) in [5, 5.41) is 3.12. The van der Waals surface area contributed by atoms with Crippen LogP contribution in [0.5, 0.6) is 11.5 Å². The molecule has 0 unspecified atom stereocenters. The Morgan fingerprint density at radius 3 is 2.72 bits per heavy atom. The highest BCUT2D eigenvalue weighted by atomic mass is 35.5. The Kier molecular flexibility index (Phi) is 6.90. The van der Waals surface area contributed by atoms with Crippen molar-refractivity contribution in [1.29, 1.82) is 0 Å². The molecule has 150 valence electrons. The summed E-state index contributed by atoms with van der Waals surface area (Å²) in [5.74, 6) is 0.488. The Balaban J connectivity index is 1.79.